The van der Waals surface area contributed by atoms with E-state index >= 15 is 0 Å². The van der Waals surface area contributed by atoms with E-state index in [1.165, 1.54) is 12.1 Å². The van der Waals surface area contributed by atoms with Gasteiger partial charge in [0.2, 0.25) is 0 Å². The largest absolute Gasteiger partial charge is 0.416 e. The van der Waals surface area contributed by atoms with Crippen molar-refractivity contribution in [2.75, 3.05) is 12.8 Å². The summed E-state index contributed by atoms with van der Waals surface area (Å²) in [4.78, 5) is 0.248. The zero-order valence-electron chi connectivity index (χ0n) is 11.7. The van der Waals surface area contributed by atoms with Crippen molar-refractivity contribution in [2.24, 2.45) is 0 Å². The summed E-state index contributed by atoms with van der Waals surface area (Å²) in [7, 11) is 0.496. The van der Waals surface area contributed by atoms with E-state index in [4.69, 9.17) is 0 Å². The van der Waals surface area contributed by atoms with Crippen LogP contribution in [0, 0.1) is 0 Å². The van der Waals surface area contributed by atoms with Gasteiger partial charge in [0.1, 0.15) is 0 Å². The zero-order chi connectivity index (χ0) is 15.2. The Bertz CT molecular complexity index is 444. The average Bonchev–Trinajstić information content (AvgIpc) is 2.42. The first-order chi connectivity index (χ1) is 9.38. The highest BCUT2D eigenvalue weighted by atomic mass is 32.2. The molecule has 0 radical (unpaired) electrons. The van der Waals surface area contributed by atoms with Crippen LogP contribution in [-0.2, 0) is 17.0 Å². The number of hydrogen-bond acceptors (Lipinski definition) is 2. The lowest BCUT2D eigenvalue weighted by atomic mass is 10.1. The number of rotatable bonds is 7. The summed E-state index contributed by atoms with van der Waals surface area (Å²) in [5.41, 5.74) is -0.745. The molecule has 0 saturated heterocycles. The van der Waals surface area contributed by atoms with Crippen LogP contribution in [0.3, 0.4) is 0 Å². The Labute approximate surface area is 120 Å². The minimum atomic E-state index is -4.39. The molecule has 1 rings (SSSR count). The van der Waals surface area contributed by atoms with Crippen molar-refractivity contribution >= 4 is 10.8 Å². The molecule has 2 unspecified atom stereocenters. The van der Waals surface area contributed by atoms with Crippen molar-refractivity contribution in [1.82, 2.24) is 5.32 Å². The van der Waals surface area contributed by atoms with Crippen LogP contribution in [0.15, 0.2) is 29.2 Å². The molecular weight excluding hydrogens is 287 g/mol. The second-order valence-electron chi connectivity index (χ2n) is 4.61. The zero-order valence-corrected chi connectivity index (χ0v) is 12.5. The molecule has 1 aromatic carbocycles. The lowest BCUT2D eigenvalue weighted by Crippen LogP contribution is -2.24. The van der Waals surface area contributed by atoms with E-state index in [9.17, 15) is 17.4 Å². The van der Waals surface area contributed by atoms with Gasteiger partial charge in [-0.25, -0.2) is 0 Å². The van der Waals surface area contributed by atoms with Gasteiger partial charge in [0.15, 0.2) is 0 Å². The van der Waals surface area contributed by atoms with Crippen LogP contribution in [0.5, 0.6) is 0 Å². The fraction of sp³-hybridized carbons (Fsp3) is 0.571. The summed E-state index contributed by atoms with van der Waals surface area (Å²) < 4.78 is 49.7. The average molecular weight is 307 g/mol. The molecule has 1 aromatic rings. The minimum absolute atomic E-state index is 0.248. The smallest absolute Gasteiger partial charge is 0.317 e. The predicted molar refractivity (Wildman–Crippen MR) is 75.1 cm³/mol. The van der Waals surface area contributed by atoms with Gasteiger partial charge in [-0.2, -0.15) is 13.2 Å². The van der Waals surface area contributed by atoms with Crippen LogP contribution in [0.25, 0.3) is 0 Å². The molecule has 20 heavy (non-hydrogen) atoms. The van der Waals surface area contributed by atoms with Crippen LogP contribution in [-0.4, -0.2) is 23.1 Å². The Hall–Kier alpha value is -0.880. The second kappa shape index (κ2) is 7.78. The molecule has 0 fully saturated rings. The molecule has 2 nitrogen and oxygen atoms in total. The lowest BCUT2D eigenvalue weighted by molar-refractivity contribution is -0.137. The predicted octanol–water partition coefficient (Wildman–Crippen LogP) is 3.59. The van der Waals surface area contributed by atoms with E-state index in [2.05, 4.69) is 12.2 Å². The quantitative estimate of drug-likeness (QED) is 0.834. The summed E-state index contributed by atoms with van der Waals surface area (Å²) in [5, 5.41) is 3.15. The molecule has 0 saturated carbocycles. The molecule has 0 heterocycles. The van der Waals surface area contributed by atoms with E-state index in [1.54, 1.807) is 0 Å². The standard InChI is InChI=1S/C14H20F3NOS/c1-3-12(18-2)7-5-9-20(19)13-8-4-6-11(10-13)14(15,16)17/h4,6,8,10,12,18H,3,5,7,9H2,1-2H3. The summed E-state index contributed by atoms with van der Waals surface area (Å²) in [6.45, 7) is 2.06. The van der Waals surface area contributed by atoms with Crippen LogP contribution in [0.2, 0.25) is 0 Å². The third-order valence-corrected chi connectivity index (χ3v) is 4.65. The van der Waals surface area contributed by atoms with Crippen molar-refractivity contribution in [2.45, 2.75) is 43.3 Å². The van der Waals surface area contributed by atoms with Crippen molar-refractivity contribution in [3.05, 3.63) is 29.8 Å². The third kappa shape index (κ3) is 5.25. The molecule has 114 valence electrons. The van der Waals surface area contributed by atoms with Gasteiger partial charge in [0, 0.05) is 16.7 Å². The first-order valence-electron chi connectivity index (χ1n) is 6.61. The second-order valence-corrected chi connectivity index (χ2v) is 6.18. The van der Waals surface area contributed by atoms with Gasteiger partial charge in [-0.3, -0.25) is 4.21 Å². The normalized spacial score (nSPS) is 15.1. The molecule has 0 aliphatic carbocycles. The number of alkyl halides is 3. The molecule has 0 aliphatic rings. The van der Waals surface area contributed by atoms with Crippen LogP contribution < -0.4 is 5.32 Å². The van der Waals surface area contributed by atoms with Gasteiger partial charge in [-0.05, 0) is 44.5 Å². The summed E-state index contributed by atoms with van der Waals surface area (Å²) in [6.07, 6.45) is -1.81. The van der Waals surface area contributed by atoms with Crippen molar-refractivity contribution in [3.8, 4) is 0 Å². The maximum atomic E-state index is 12.6. The highest BCUT2D eigenvalue weighted by Crippen LogP contribution is 2.30. The Balaban J connectivity index is 2.60. The number of nitrogens with one attached hydrogen (secondary N) is 1. The number of benzene rings is 1. The van der Waals surface area contributed by atoms with Gasteiger partial charge in [0.25, 0.3) is 0 Å². The highest BCUT2D eigenvalue weighted by Gasteiger charge is 2.30. The SMILES string of the molecule is CCC(CCCS(=O)c1cccc(C(F)(F)F)c1)NC. The Kier molecular flexibility index (Phi) is 6.68. The molecule has 0 aliphatic heterocycles. The maximum absolute atomic E-state index is 12.6. The Morgan fingerprint density at radius 1 is 1.35 bits per heavy atom. The number of hydrogen-bond donors (Lipinski definition) is 1. The van der Waals surface area contributed by atoms with E-state index in [0.717, 1.165) is 31.4 Å². The Morgan fingerprint density at radius 3 is 2.60 bits per heavy atom. The van der Waals surface area contributed by atoms with Crippen LogP contribution >= 0.6 is 0 Å². The minimum Gasteiger partial charge on any atom is -0.317 e. The molecular formula is C14H20F3NOS. The fourth-order valence-electron chi connectivity index (χ4n) is 1.95. The van der Waals surface area contributed by atoms with Gasteiger partial charge in [-0.1, -0.05) is 13.0 Å². The molecule has 0 amide bonds. The first kappa shape index (κ1) is 17.2. The van der Waals surface area contributed by atoms with Crippen LogP contribution in [0.1, 0.15) is 31.7 Å². The number of halogens is 3. The highest BCUT2D eigenvalue weighted by molar-refractivity contribution is 7.85. The fourth-order valence-corrected chi connectivity index (χ4v) is 3.10. The third-order valence-electron chi connectivity index (χ3n) is 3.21. The van der Waals surface area contributed by atoms with E-state index in [0.29, 0.717) is 11.8 Å². The summed E-state index contributed by atoms with van der Waals surface area (Å²) in [5.74, 6) is 0.388. The van der Waals surface area contributed by atoms with Crippen molar-refractivity contribution in [1.29, 1.82) is 0 Å². The maximum Gasteiger partial charge on any atom is 0.416 e. The molecule has 0 bridgehead atoms. The molecule has 6 heteroatoms. The van der Waals surface area contributed by atoms with Crippen molar-refractivity contribution in [3.63, 3.8) is 0 Å². The summed E-state index contributed by atoms with van der Waals surface area (Å²) in [6, 6.07) is 5.13. The monoisotopic (exact) mass is 307 g/mol. The van der Waals surface area contributed by atoms with Gasteiger partial charge >= 0.3 is 6.18 Å². The topological polar surface area (TPSA) is 29.1 Å². The van der Waals surface area contributed by atoms with Gasteiger partial charge in [-0.15, -0.1) is 0 Å². The molecule has 0 aromatic heterocycles. The first-order valence-corrected chi connectivity index (χ1v) is 7.93. The van der Waals surface area contributed by atoms with E-state index < -0.39 is 22.5 Å². The Morgan fingerprint density at radius 2 is 2.05 bits per heavy atom. The van der Waals surface area contributed by atoms with E-state index in [1.807, 2.05) is 7.05 Å². The van der Waals surface area contributed by atoms with E-state index in [-0.39, 0.29) is 4.90 Å². The molecule has 0 spiro atoms. The molecule has 1 N–H and O–H groups in total. The van der Waals surface area contributed by atoms with Crippen LogP contribution in [0.4, 0.5) is 13.2 Å². The van der Waals surface area contributed by atoms with Gasteiger partial charge < -0.3 is 5.32 Å². The van der Waals surface area contributed by atoms with Gasteiger partial charge in [0.05, 0.1) is 16.4 Å². The lowest BCUT2D eigenvalue weighted by Gasteiger charge is -2.13. The molecule has 2 atom stereocenters. The van der Waals surface area contributed by atoms with Crippen molar-refractivity contribution < 1.29 is 17.4 Å². The summed E-state index contributed by atoms with van der Waals surface area (Å²) >= 11 is 0.